The smallest absolute Gasteiger partial charge is 0.186 e. The lowest BCUT2D eigenvalue weighted by atomic mass is 10.8. The number of nitrogens with one attached hydrogen (secondary N) is 2. The minimum Gasteiger partial charge on any atom is -0.364 e. The zero-order valence-corrected chi connectivity index (χ0v) is 9.13. The van der Waals surface area contributed by atoms with Gasteiger partial charge in [-0.2, -0.15) is 5.10 Å². The Morgan fingerprint density at radius 1 is 1.85 bits per heavy atom. The third-order valence-electron chi connectivity index (χ3n) is 1.06. The molecule has 0 saturated heterocycles. The molecule has 1 aromatic rings. The van der Waals surface area contributed by atoms with E-state index in [1.807, 2.05) is 0 Å². The molecule has 0 aliphatic heterocycles. The second-order valence-electron chi connectivity index (χ2n) is 1.96. The molecule has 0 aliphatic rings. The van der Waals surface area contributed by atoms with Gasteiger partial charge < -0.3 is 5.32 Å². The van der Waals surface area contributed by atoms with Crippen LogP contribution in [-0.2, 0) is 0 Å². The van der Waals surface area contributed by atoms with Crippen molar-refractivity contribution in [3.05, 3.63) is 15.5 Å². The van der Waals surface area contributed by atoms with Crippen LogP contribution in [0.15, 0.2) is 10.5 Å². The summed E-state index contributed by atoms with van der Waals surface area (Å²) in [7, 11) is 1.71. The summed E-state index contributed by atoms with van der Waals surface area (Å²) >= 11 is 11.8. The van der Waals surface area contributed by atoms with Crippen LogP contribution >= 0.6 is 35.2 Å². The Hall–Kier alpha value is -0.720. The highest BCUT2D eigenvalue weighted by Gasteiger charge is 1.94. The largest absolute Gasteiger partial charge is 0.364 e. The molecule has 13 heavy (non-hydrogen) atoms. The first-order valence-corrected chi connectivity index (χ1v) is 5.01. The van der Waals surface area contributed by atoms with E-state index in [0.29, 0.717) is 10.3 Å². The predicted molar refractivity (Wildman–Crippen MR) is 59.5 cm³/mol. The van der Waals surface area contributed by atoms with Gasteiger partial charge in [0.25, 0.3) is 0 Å². The fourth-order valence-corrected chi connectivity index (χ4v) is 1.39. The number of thiazole rings is 1. The van der Waals surface area contributed by atoms with Crippen molar-refractivity contribution in [2.75, 3.05) is 7.05 Å². The lowest BCUT2D eigenvalue weighted by Crippen LogP contribution is -2.28. The number of thiocarbonyl (C=S) groups is 1. The van der Waals surface area contributed by atoms with E-state index in [0.717, 1.165) is 5.01 Å². The Kier molecular flexibility index (Phi) is 4.07. The van der Waals surface area contributed by atoms with Crippen molar-refractivity contribution in [1.82, 2.24) is 15.7 Å². The maximum absolute atomic E-state index is 5.61. The van der Waals surface area contributed by atoms with Crippen molar-refractivity contribution in [3.63, 3.8) is 0 Å². The molecule has 4 nitrogen and oxygen atoms in total. The van der Waals surface area contributed by atoms with Crippen molar-refractivity contribution in [3.8, 4) is 0 Å². The van der Waals surface area contributed by atoms with Gasteiger partial charge in [0.1, 0.15) is 10.2 Å². The number of nitrogens with zero attached hydrogens (tertiary/aromatic N) is 2. The Balaban J connectivity index is 2.45. The summed E-state index contributed by atoms with van der Waals surface area (Å²) in [5.41, 5.74) is 2.60. The van der Waals surface area contributed by atoms with Gasteiger partial charge in [-0.05, 0) is 12.2 Å². The molecule has 0 atom stereocenters. The highest BCUT2D eigenvalue weighted by Crippen LogP contribution is 2.11. The average molecular weight is 235 g/mol. The summed E-state index contributed by atoms with van der Waals surface area (Å²) in [5.74, 6) is 0. The molecule has 0 spiro atoms. The quantitative estimate of drug-likeness (QED) is 0.459. The molecule has 0 aliphatic carbocycles. The second-order valence-corrected chi connectivity index (χ2v) is 3.64. The molecule has 0 radical (unpaired) electrons. The maximum Gasteiger partial charge on any atom is 0.186 e. The van der Waals surface area contributed by atoms with Gasteiger partial charge in [-0.25, -0.2) is 4.98 Å². The van der Waals surface area contributed by atoms with Gasteiger partial charge in [-0.15, -0.1) is 11.3 Å². The minimum absolute atomic E-state index is 0.457. The molecular weight excluding hydrogens is 228 g/mol. The predicted octanol–water partition coefficient (Wildman–Crippen LogP) is 1.22. The highest BCUT2D eigenvalue weighted by molar-refractivity contribution is 7.80. The maximum atomic E-state index is 5.61. The average Bonchev–Trinajstić information content (AvgIpc) is 2.51. The summed E-state index contributed by atoms with van der Waals surface area (Å²) < 4.78 is 0. The standard InChI is InChI=1S/C6H7ClN4S2/c1-8-6(12)11-9-2-5-10-4(7)3-13-5/h2-3H,1H3,(H2,8,11,12)/b9-2+. The monoisotopic (exact) mass is 234 g/mol. The first kappa shape index (κ1) is 10.4. The fourth-order valence-electron chi connectivity index (χ4n) is 0.528. The third-order valence-corrected chi connectivity index (χ3v) is 2.46. The van der Waals surface area contributed by atoms with Crippen LogP contribution in [0.25, 0.3) is 0 Å². The number of halogens is 1. The van der Waals surface area contributed by atoms with Gasteiger partial charge in [0.15, 0.2) is 5.11 Å². The first-order chi connectivity index (χ1) is 6.22. The number of hydrogen-bond donors (Lipinski definition) is 2. The molecule has 0 fully saturated rings. The lowest BCUT2D eigenvalue weighted by Gasteiger charge is -1.97. The zero-order chi connectivity index (χ0) is 9.68. The van der Waals surface area contributed by atoms with E-state index in [-0.39, 0.29) is 0 Å². The molecule has 70 valence electrons. The van der Waals surface area contributed by atoms with E-state index in [4.69, 9.17) is 23.8 Å². The fraction of sp³-hybridized carbons (Fsp3) is 0.167. The summed E-state index contributed by atoms with van der Waals surface area (Å²) in [4.78, 5) is 3.96. The number of aromatic nitrogens is 1. The molecule has 0 saturated carbocycles. The van der Waals surface area contributed by atoms with Crippen LogP contribution in [0, 0.1) is 0 Å². The van der Waals surface area contributed by atoms with Crippen LogP contribution < -0.4 is 10.7 Å². The Bertz CT molecular complexity index is 322. The van der Waals surface area contributed by atoms with Crippen molar-refractivity contribution in [2.45, 2.75) is 0 Å². The molecule has 0 unspecified atom stereocenters. The molecule has 1 rings (SSSR count). The number of rotatable bonds is 2. The van der Waals surface area contributed by atoms with Crippen molar-refractivity contribution in [1.29, 1.82) is 0 Å². The van der Waals surface area contributed by atoms with Crippen LogP contribution in [0.1, 0.15) is 5.01 Å². The van der Waals surface area contributed by atoms with Crippen LogP contribution in [0.3, 0.4) is 0 Å². The normalized spacial score (nSPS) is 10.3. The zero-order valence-electron chi connectivity index (χ0n) is 6.74. The van der Waals surface area contributed by atoms with E-state index in [2.05, 4.69) is 20.8 Å². The molecule has 0 aromatic carbocycles. The van der Waals surface area contributed by atoms with Crippen LogP contribution in [0.4, 0.5) is 0 Å². The molecule has 0 bridgehead atoms. The van der Waals surface area contributed by atoms with Gasteiger partial charge >= 0.3 is 0 Å². The Morgan fingerprint density at radius 3 is 3.15 bits per heavy atom. The SMILES string of the molecule is CNC(=S)N/N=C/c1nc(Cl)cs1. The number of hydrazone groups is 1. The van der Waals surface area contributed by atoms with Gasteiger partial charge in [0.05, 0.1) is 6.21 Å². The summed E-state index contributed by atoms with van der Waals surface area (Å²) in [5, 5.41) is 9.96. The first-order valence-electron chi connectivity index (χ1n) is 3.34. The summed E-state index contributed by atoms with van der Waals surface area (Å²) in [6, 6.07) is 0. The molecule has 2 N–H and O–H groups in total. The summed E-state index contributed by atoms with van der Waals surface area (Å²) in [6.07, 6.45) is 1.56. The van der Waals surface area contributed by atoms with E-state index >= 15 is 0 Å². The Morgan fingerprint density at radius 2 is 2.62 bits per heavy atom. The Labute approximate surface area is 90.0 Å². The van der Waals surface area contributed by atoms with Crippen molar-refractivity contribution < 1.29 is 0 Å². The molecule has 1 heterocycles. The number of hydrogen-bond acceptors (Lipinski definition) is 4. The molecular formula is C6H7ClN4S2. The van der Waals surface area contributed by atoms with Crippen LogP contribution in [-0.4, -0.2) is 23.4 Å². The van der Waals surface area contributed by atoms with Gasteiger partial charge in [0.2, 0.25) is 0 Å². The van der Waals surface area contributed by atoms with Gasteiger partial charge in [0, 0.05) is 12.4 Å². The minimum atomic E-state index is 0.457. The molecule has 0 amide bonds. The molecule has 1 aromatic heterocycles. The van der Waals surface area contributed by atoms with Crippen molar-refractivity contribution in [2.24, 2.45) is 5.10 Å². The van der Waals surface area contributed by atoms with Gasteiger partial charge in [-0.3, -0.25) is 5.43 Å². The highest BCUT2D eigenvalue weighted by atomic mass is 35.5. The second kappa shape index (κ2) is 5.11. The topological polar surface area (TPSA) is 49.3 Å². The van der Waals surface area contributed by atoms with E-state index in [9.17, 15) is 0 Å². The van der Waals surface area contributed by atoms with Crippen molar-refractivity contribution >= 4 is 46.5 Å². The van der Waals surface area contributed by atoms with Crippen LogP contribution in [0.5, 0.6) is 0 Å². The van der Waals surface area contributed by atoms with E-state index < -0.39 is 0 Å². The molecule has 7 heteroatoms. The lowest BCUT2D eigenvalue weighted by molar-refractivity contribution is 0.981. The van der Waals surface area contributed by atoms with Gasteiger partial charge in [-0.1, -0.05) is 11.6 Å². The van der Waals surface area contributed by atoms with E-state index in [1.54, 1.807) is 18.6 Å². The third kappa shape index (κ3) is 3.67. The van der Waals surface area contributed by atoms with E-state index in [1.165, 1.54) is 11.3 Å². The summed E-state index contributed by atoms with van der Waals surface area (Å²) in [6.45, 7) is 0. The van der Waals surface area contributed by atoms with Crippen LogP contribution in [0.2, 0.25) is 5.15 Å².